The van der Waals surface area contributed by atoms with Crippen LogP contribution in [-0.2, 0) is 0 Å². The summed E-state index contributed by atoms with van der Waals surface area (Å²) < 4.78 is 0. The standard InChI is InChI=1S/C13H28N2O/c1-2-3-4-5-6-7-8-9-11-14-12-10-13-15-16/h14H,2-13H2,1H3. The summed E-state index contributed by atoms with van der Waals surface area (Å²) >= 11 is 0. The number of hydrogen-bond acceptors (Lipinski definition) is 3. The first-order chi connectivity index (χ1) is 7.91. The van der Waals surface area contributed by atoms with Gasteiger partial charge in [0.1, 0.15) is 0 Å². The molecule has 0 unspecified atom stereocenters. The predicted molar refractivity (Wildman–Crippen MR) is 70.8 cm³/mol. The summed E-state index contributed by atoms with van der Waals surface area (Å²) in [6, 6.07) is 0. The van der Waals surface area contributed by atoms with Gasteiger partial charge in [-0.15, -0.1) is 0 Å². The maximum absolute atomic E-state index is 9.81. The molecule has 3 nitrogen and oxygen atoms in total. The van der Waals surface area contributed by atoms with Crippen molar-refractivity contribution in [2.45, 2.75) is 64.7 Å². The highest BCUT2D eigenvalue weighted by Gasteiger charge is 1.92. The average Bonchev–Trinajstić information content (AvgIpc) is 2.31. The molecule has 0 aromatic rings. The van der Waals surface area contributed by atoms with Crippen LogP contribution in [0.2, 0.25) is 0 Å². The van der Waals surface area contributed by atoms with E-state index in [2.05, 4.69) is 17.4 Å². The van der Waals surface area contributed by atoms with E-state index in [1.54, 1.807) is 0 Å². The Labute approximate surface area is 100 Å². The van der Waals surface area contributed by atoms with Gasteiger partial charge in [0.05, 0.1) is 6.54 Å². The van der Waals surface area contributed by atoms with Crippen molar-refractivity contribution >= 4 is 0 Å². The molecule has 0 atom stereocenters. The molecule has 0 aliphatic rings. The van der Waals surface area contributed by atoms with E-state index in [4.69, 9.17) is 0 Å². The highest BCUT2D eigenvalue weighted by molar-refractivity contribution is 4.51. The van der Waals surface area contributed by atoms with Crippen molar-refractivity contribution in [3.63, 3.8) is 0 Å². The SMILES string of the molecule is CCCCCCCCCCNCCCN=O. The molecule has 0 aromatic heterocycles. The van der Waals surface area contributed by atoms with E-state index in [-0.39, 0.29) is 0 Å². The zero-order valence-electron chi connectivity index (χ0n) is 10.8. The lowest BCUT2D eigenvalue weighted by Gasteiger charge is -2.03. The molecule has 0 heterocycles. The fourth-order valence-corrected chi connectivity index (χ4v) is 1.78. The maximum atomic E-state index is 9.81. The van der Waals surface area contributed by atoms with Crippen LogP contribution in [0.3, 0.4) is 0 Å². The third-order valence-corrected chi connectivity index (χ3v) is 2.81. The van der Waals surface area contributed by atoms with Crippen molar-refractivity contribution in [1.29, 1.82) is 0 Å². The second-order valence-electron chi connectivity index (χ2n) is 4.43. The zero-order chi connectivity index (χ0) is 11.9. The Morgan fingerprint density at radius 3 is 2.00 bits per heavy atom. The van der Waals surface area contributed by atoms with Gasteiger partial charge in [-0.25, -0.2) is 0 Å². The van der Waals surface area contributed by atoms with E-state index in [0.29, 0.717) is 6.54 Å². The first-order valence-corrected chi connectivity index (χ1v) is 6.91. The Balaban J connectivity index is 2.85. The molecule has 0 saturated heterocycles. The summed E-state index contributed by atoms with van der Waals surface area (Å²) in [7, 11) is 0. The molecule has 0 aromatic carbocycles. The van der Waals surface area contributed by atoms with Crippen LogP contribution in [0.4, 0.5) is 0 Å². The van der Waals surface area contributed by atoms with Crippen LogP contribution < -0.4 is 5.32 Å². The number of nitrogens with one attached hydrogen (secondary N) is 1. The Bertz CT molecular complexity index is 140. The Morgan fingerprint density at radius 1 is 0.812 bits per heavy atom. The van der Waals surface area contributed by atoms with Crippen LogP contribution in [0.1, 0.15) is 64.7 Å². The Hall–Kier alpha value is -0.440. The van der Waals surface area contributed by atoms with Crippen molar-refractivity contribution in [3.8, 4) is 0 Å². The van der Waals surface area contributed by atoms with Gasteiger partial charge in [0.15, 0.2) is 0 Å². The fraction of sp³-hybridized carbons (Fsp3) is 1.00. The highest BCUT2D eigenvalue weighted by Crippen LogP contribution is 2.07. The van der Waals surface area contributed by atoms with Crippen LogP contribution in [0.15, 0.2) is 5.18 Å². The van der Waals surface area contributed by atoms with Crippen LogP contribution in [0.25, 0.3) is 0 Å². The molecular weight excluding hydrogens is 200 g/mol. The third kappa shape index (κ3) is 13.6. The lowest BCUT2D eigenvalue weighted by Crippen LogP contribution is -2.17. The van der Waals surface area contributed by atoms with E-state index < -0.39 is 0 Å². The monoisotopic (exact) mass is 228 g/mol. The molecule has 0 amide bonds. The molecule has 0 spiro atoms. The molecular formula is C13H28N2O. The quantitative estimate of drug-likeness (QED) is 0.384. The Kier molecular flexibility index (Phi) is 14.2. The minimum absolute atomic E-state index is 0.449. The molecule has 0 bridgehead atoms. The predicted octanol–water partition coefficient (Wildman–Crippen LogP) is 3.87. The van der Waals surface area contributed by atoms with Gasteiger partial charge in [0, 0.05) is 0 Å². The molecule has 16 heavy (non-hydrogen) atoms. The number of nitrogens with zero attached hydrogens (tertiary/aromatic N) is 1. The summed E-state index contributed by atoms with van der Waals surface area (Å²) in [5, 5.41) is 6.16. The van der Waals surface area contributed by atoms with Gasteiger partial charge in [-0.2, -0.15) is 4.91 Å². The first-order valence-electron chi connectivity index (χ1n) is 6.91. The zero-order valence-corrected chi connectivity index (χ0v) is 10.8. The van der Waals surface area contributed by atoms with Crippen molar-refractivity contribution in [2.75, 3.05) is 19.6 Å². The smallest absolute Gasteiger partial charge is 0.0823 e. The van der Waals surface area contributed by atoms with Crippen molar-refractivity contribution in [2.24, 2.45) is 5.18 Å². The fourth-order valence-electron chi connectivity index (χ4n) is 1.78. The summed E-state index contributed by atoms with van der Waals surface area (Å²) in [5.41, 5.74) is 0. The normalized spacial score (nSPS) is 10.6. The first kappa shape index (κ1) is 15.6. The average molecular weight is 228 g/mol. The largest absolute Gasteiger partial charge is 0.317 e. The maximum Gasteiger partial charge on any atom is 0.0823 e. The van der Waals surface area contributed by atoms with Gasteiger partial charge >= 0.3 is 0 Å². The van der Waals surface area contributed by atoms with E-state index in [1.165, 1.54) is 51.4 Å². The molecule has 0 rings (SSSR count). The summed E-state index contributed by atoms with van der Waals surface area (Å²) in [4.78, 5) is 9.81. The number of nitroso groups, excluding NO2 is 1. The molecule has 1 N–H and O–H groups in total. The number of rotatable bonds is 13. The van der Waals surface area contributed by atoms with Crippen LogP contribution in [-0.4, -0.2) is 19.6 Å². The van der Waals surface area contributed by atoms with Gasteiger partial charge in [-0.1, -0.05) is 57.0 Å². The summed E-state index contributed by atoms with van der Waals surface area (Å²) in [6.07, 6.45) is 11.8. The van der Waals surface area contributed by atoms with Gasteiger partial charge in [-0.05, 0) is 25.9 Å². The molecule has 96 valence electrons. The molecule has 0 radical (unpaired) electrons. The molecule has 0 aliphatic heterocycles. The number of unbranched alkanes of at least 4 members (excludes halogenated alkanes) is 7. The summed E-state index contributed by atoms with van der Waals surface area (Å²) in [5.74, 6) is 0. The minimum atomic E-state index is 0.449. The molecule has 3 heteroatoms. The van der Waals surface area contributed by atoms with Gasteiger partial charge in [0.25, 0.3) is 0 Å². The number of hydrogen-bond donors (Lipinski definition) is 1. The minimum Gasteiger partial charge on any atom is -0.317 e. The van der Waals surface area contributed by atoms with E-state index in [0.717, 1.165) is 19.5 Å². The summed E-state index contributed by atoms with van der Waals surface area (Å²) in [6.45, 7) is 4.73. The van der Waals surface area contributed by atoms with Crippen LogP contribution in [0, 0.1) is 4.91 Å². The van der Waals surface area contributed by atoms with E-state index in [9.17, 15) is 4.91 Å². The van der Waals surface area contributed by atoms with Crippen molar-refractivity contribution < 1.29 is 0 Å². The van der Waals surface area contributed by atoms with Crippen molar-refractivity contribution in [3.05, 3.63) is 4.91 Å². The lowest BCUT2D eigenvalue weighted by atomic mass is 10.1. The third-order valence-electron chi connectivity index (χ3n) is 2.81. The van der Waals surface area contributed by atoms with E-state index >= 15 is 0 Å². The van der Waals surface area contributed by atoms with Crippen LogP contribution in [0.5, 0.6) is 0 Å². The Morgan fingerprint density at radius 2 is 1.38 bits per heavy atom. The topological polar surface area (TPSA) is 41.5 Å². The van der Waals surface area contributed by atoms with Gasteiger partial charge in [0.2, 0.25) is 0 Å². The highest BCUT2D eigenvalue weighted by atomic mass is 16.3. The van der Waals surface area contributed by atoms with Gasteiger partial charge in [-0.3, -0.25) is 0 Å². The molecule has 0 saturated carbocycles. The van der Waals surface area contributed by atoms with Crippen LogP contribution >= 0.6 is 0 Å². The lowest BCUT2D eigenvalue weighted by molar-refractivity contribution is 0.552. The second kappa shape index (κ2) is 14.6. The molecule has 0 fully saturated rings. The molecule has 0 aliphatic carbocycles. The van der Waals surface area contributed by atoms with E-state index in [1.807, 2.05) is 0 Å². The second-order valence-corrected chi connectivity index (χ2v) is 4.43. The van der Waals surface area contributed by atoms with Crippen molar-refractivity contribution in [1.82, 2.24) is 5.32 Å². The van der Waals surface area contributed by atoms with Gasteiger partial charge < -0.3 is 5.32 Å².